The molecule has 1 aromatic carbocycles. The Bertz CT molecular complexity index is 495. The number of guanidine groups is 1. The first-order chi connectivity index (χ1) is 11.4. The number of ether oxygens (including phenoxy) is 1. The molecule has 0 heterocycles. The molecule has 1 rings (SSSR count). The van der Waals surface area contributed by atoms with Crippen molar-refractivity contribution in [3.63, 3.8) is 0 Å². The number of hydrogen-bond acceptors (Lipinski definition) is 2. The van der Waals surface area contributed by atoms with Crippen molar-refractivity contribution in [2.45, 2.75) is 32.4 Å². The SMILES string of the molecule is CCNC(=NCCCCOc1ccc(F)cc1)NCCC(F)(F)F.I. The predicted molar refractivity (Wildman–Crippen MR) is 101 cm³/mol. The molecule has 0 aliphatic rings. The minimum atomic E-state index is -4.18. The molecular formula is C16H24F4IN3O. The van der Waals surface area contributed by atoms with Gasteiger partial charge in [-0.25, -0.2) is 4.39 Å². The third-order valence-corrected chi connectivity index (χ3v) is 2.95. The molecule has 0 aliphatic heterocycles. The fourth-order valence-electron chi connectivity index (χ4n) is 1.79. The van der Waals surface area contributed by atoms with Crippen molar-refractivity contribution in [1.29, 1.82) is 0 Å². The highest BCUT2D eigenvalue weighted by Crippen LogP contribution is 2.18. The van der Waals surface area contributed by atoms with Gasteiger partial charge in [0.25, 0.3) is 0 Å². The maximum atomic E-state index is 12.7. The molecule has 0 amide bonds. The van der Waals surface area contributed by atoms with Crippen LogP contribution in [0.4, 0.5) is 17.6 Å². The highest BCUT2D eigenvalue weighted by molar-refractivity contribution is 14.0. The van der Waals surface area contributed by atoms with Gasteiger partial charge in [-0.15, -0.1) is 24.0 Å². The summed E-state index contributed by atoms with van der Waals surface area (Å²) in [4.78, 5) is 4.21. The van der Waals surface area contributed by atoms with Gasteiger partial charge in [0, 0.05) is 19.6 Å². The second kappa shape index (κ2) is 13.0. The van der Waals surface area contributed by atoms with Crippen molar-refractivity contribution in [1.82, 2.24) is 10.6 Å². The van der Waals surface area contributed by atoms with Gasteiger partial charge in [-0.2, -0.15) is 13.2 Å². The van der Waals surface area contributed by atoms with E-state index >= 15 is 0 Å². The van der Waals surface area contributed by atoms with Crippen LogP contribution in [0.2, 0.25) is 0 Å². The highest BCUT2D eigenvalue weighted by atomic mass is 127. The van der Waals surface area contributed by atoms with Crippen molar-refractivity contribution < 1.29 is 22.3 Å². The van der Waals surface area contributed by atoms with Crippen LogP contribution in [0.5, 0.6) is 5.75 Å². The lowest BCUT2D eigenvalue weighted by molar-refractivity contribution is -0.132. The van der Waals surface area contributed by atoms with E-state index in [4.69, 9.17) is 4.74 Å². The number of rotatable bonds is 9. The van der Waals surface area contributed by atoms with Gasteiger partial charge in [-0.05, 0) is 44.0 Å². The van der Waals surface area contributed by atoms with Crippen LogP contribution >= 0.6 is 24.0 Å². The van der Waals surface area contributed by atoms with Crippen LogP contribution < -0.4 is 15.4 Å². The van der Waals surface area contributed by atoms with Gasteiger partial charge in [0.2, 0.25) is 0 Å². The minimum absolute atomic E-state index is 0. The largest absolute Gasteiger partial charge is 0.494 e. The lowest BCUT2D eigenvalue weighted by Crippen LogP contribution is -2.39. The summed E-state index contributed by atoms with van der Waals surface area (Å²) in [7, 11) is 0. The second-order valence-corrected chi connectivity index (χ2v) is 5.06. The first kappa shape index (κ1) is 23.7. The number of alkyl halides is 3. The minimum Gasteiger partial charge on any atom is -0.494 e. The molecule has 0 saturated heterocycles. The molecule has 144 valence electrons. The molecule has 0 fully saturated rings. The first-order valence-corrected chi connectivity index (χ1v) is 7.88. The van der Waals surface area contributed by atoms with E-state index < -0.39 is 12.6 Å². The van der Waals surface area contributed by atoms with Crippen LogP contribution in [0.25, 0.3) is 0 Å². The van der Waals surface area contributed by atoms with Crippen LogP contribution in [0, 0.1) is 5.82 Å². The van der Waals surface area contributed by atoms with Crippen molar-refractivity contribution in [2.75, 3.05) is 26.2 Å². The standard InChI is InChI=1S/C16H23F4N3O.HI/c1-2-21-15(23-11-9-16(18,19)20)22-10-3-4-12-24-14-7-5-13(17)6-8-14;/h5-8H,2-4,9-12H2,1H3,(H2,21,22,23);1H. The number of aliphatic imine (C=N–C) groups is 1. The molecule has 0 atom stereocenters. The van der Waals surface area contributed by atoms with Gasteiger partial charge in [-0.3, -0.25) is 4.99 Å². The molecule has 2 N–H and O–H groups in total. The molecule has 9 heteroatoms. The Hall–Kier alpha value is -1.26. The summed E-state index contributed by atoms with van der Waals surface area (Å²) in [5, 5.41) is 5.55. The van der Waals surface area contributed by atoms with E-state index in [-0.39, 0.29) is 36.3 Å². The molecule has 0 saturated carbocycles. The summed E-state index contributed by atoms with van der Waals surface area (Å²) in [5.74, 6) is 0.661. The summed E-state index contributed by atoms with van der Waals surface area (Å²) in [6, 6.07) is 5.77. The van der Waals surface area contributed by atoms with Gasteiger partial charge in [0.15, 0.2) is 5.96 Å². The van der Waals surface area contributed by atoms with E-state index in [1.807, 2.05) is 6.92 Å². The topological polar surface area (TPSA) is 45.7 Å². The van der Waals surface area contributed by atoms with E-state index in [1.54, 1.807) is 12.1 Å². The van der Waals surface area contributed by atoms with Gasteiger partial charge >= 0.3 is 6.18 Å². The third-order valence-electron chi connectivity index (χ3n) is 2.95. The number of nitrogens with zero attached hydrogens (tertiary/aromatic N) is 1. The molecule has 4 nitrogen and oxygen atoms in total. The Balaban J connectivity index is 0.00000576. The van der Waals surface area contributed by atoms with E-state index in [9.17, 15) is 17.6 Å². The summed E-state index contributed by atoms with van der Waals surface area (Å²) >= 11 is 0. The van der Waals surface area contributed by atoms with Gasteiger partial charge in [0.1, 0.15) is 11.6 Å². The number of hydrogen-bond donors (Lipinski definition) is 2. The number of nitrogens with one attached hydrogen (secondary N) is 2. The molecule has 0 unspecified atom stereocenters. The zero-order valence-electron chi connectivity index (χ0n) is 14.0. The monoisotopic (exact) mass is 477 g/mol. The van der Waals surface area contributed by atoms with Crippen LogP contribution in [-0.4, -0.2) is 38.4 Å². The van der Waals surface area contributed by atoms with E-state index in [0.29, 0.717) is 31.4 Å². The average molecular weight is 477 g/mol. The lowest BCUT2D eigenvalue weighted by atomic mass is 10.3. The van der Waals surface area contributed by atoms with Crippen molar-refractivity contribution in [3.8, 4) is 5.75 Å². The normalized spacial score (nSPS) is 11.6. The second-order valence-electron chi connectivity index (χ2n) is 5.06. The Kier molecular flexibility index (Phi) is 12.4. The van der Waals surface area contributed by atoms with Crippen molar-refractivity contribution in [3.05, 3.63) is 30.1 Å². The molecule has 1 aromatic rings. The van der Waals surface area contributed by atoms with Crippen LogP contribution in [0.15, 0.2) is 29.3 Å². The third kappa shape index (κ3) is 12.7. The average Bonchev–Trinajstić information content (AvgIpc) is 2.51. The van der Waals surface area contributed by atoms with Gasteiger partial charge < -0.3 is 15.4 Å². The summed E-state index contributed by atoms with van der Waals surface area (Å²) < 4.78 is 54.5. The van der Waals surface area contributed by atoms with E-state index in [1.165, 1.54) is 12.1 Å². The Morgan fingerprint density at radius 2 is 1.80 bits per heavy atom. The number of benzene rings is 1. The van der Waals surface area contributed by atoms with Gasteiger partial charge in [-0.1, -0.05) is 0 Å². The lowest BCUT2D eigenvalue weighted by Gasteiger charge is -2.12. The van der Waals surface area contributed by atoms with Crippen molar-refractivity contribution >= 4 is 29.9 Å². The summed E-state index contributed by atoms with van der Waals surface area (Å²) in [5.41, 5.74) is 0. The molecule has 25 heavy (non-hydrogen) atoms. The molecule has 0 aromatic heterocycles. The summed E-state index contributed by atoms with van der Waals surface area (Å²) in [6.45, 7) is 3.17. The highest BCUT2D eigenvalue weighted by Gasteiger charge is 2.26. The van der Waals surface area contributed by atoms with E-state index in [2.05, 4.69) is 15.6 Å². The first-order valence-electron chi connectivity index (χ1n) is 7.88. The molecule has 0 bridgehead atoms. The fraction of sp³-hybridized carbons (Fsp3) is 0.562. The fourth-order valence-corrected chi connectivity index (χ4v) is 1.79. The predicted octanol–water partition coefficient (Wildman–Crippen LogP) is 4.11. The Labute approximate surface area is 162 Å². The molecule has 0 aliphatic carbocycles. The number of unbranched alkanes of at least 4 members (excludes halogenated alkanes) is 1. The Morgan fingerprint density at radius 1 is 1.12 bits per heavy atom. The quantitative estimate of drug-likeness (QED) is 0.185. The molecular weight excluding hydrogens is 453 g/mol. The van der Waals surface area contributed by atoms with Crippen LogP contribution in [0.3, 0.4) is 0 Å². The van der Waals surface area contributed by atoms with Crippen LogP contribution in [-0.2, 0) is 0 Å². The number of halogens is 5. The Morgan fingerprint density at radius 3 is 2.40 bits per heavy atom. The molecule has 0 radical (unpaired) electrons. The van der Waals surface area contributed by atoms with Gasteiger partial charge in [0.05, 0.1) is 13.0 Å². The van der Waals surface area contributed by atoms with Crippen molar-refractivity contribution in [2.24, 2.45) is 4.99 Å². The molecule has 0 spiro atoms. The zero-order valence-corrected chi connectivity index (χ0v) is 16.4. The smallest absolute Gasteiger partial charge is 0.390 e. The summed E-state index contributed by atoms with van der Waals surface area (Å²) in [6.07, 6.45) is -3.61. The van der Waals surface area contributed by atoms with E-state index in [0.717, 1.165) is 12.8 Å². The maximum absolute atomic E-state index is 12.7. The van der Waals surface area contributed by atoms with Crippen LogP contribution in [0.1, 0.15) is 26.2 Å². The maximum Gasteiger partial charge on any atom is 0.390 e. The zero-order chi connectivity index (χ0) is 17.8.